The van der Waals surface area contributed by atoms with E-state index in [0.29, 0.717) is 5.82 Å². The van der Waals surface area contributed by atoms with E-state index in [1.165, 1.54) is 16.7 Å². The van der Waals surface area contributed by atoms with Gasteiger partial charge in [-0.3, -0.25) is 9.97 Å². The predicted octanol–water partition coefficient (Wildman–Crippen LogP) is 16.7. The van der Waals surface area contributed by atoms with Crippen LogP contribution in [0.2, 0.25) is 0 Å². The number of aryl methyl sites for hydroxylation is 2. The Labute approximate surface area is 396 Å². The van der Waals surface area contributed by atoms with Gasteiger partial charge in [0.25, 0.3) is 0 Å². The molecule has 3 heterocycles. The van der Waals surface area contributed by atoms with Crippen molar-refractivity contribution in [1.82, 2.24) is 19.9 Å². The lowest BCUT2D eigenvalue weighted by molar-refractivity contribution is 1.21. The number of benzene rings is 9. The van der Waals surface area contributed by atoms with Crippen molar-refractivity contribution < 1.29 is 0 Å². The van der Waals surface area contributed by atoms with Crippen molar-refractivity contribution in [2.75, 3.05) is 0 Å². The molecule has 0 bridgehead atoms. The fourth-order valence-corrected chi connectivity index (χ4v) is 9.76. The highest BCUT2D eigenvalue weighted by atomic mass is 14.9. The van der Waals surface area contributed by atoms with Crippen LogP contribution < -0.4 is 0 Å². The third-order valence-corrected chi connectivity index (χ3v) is 13.3. The highest BCUT2D eigenvalue weighted by Gasteiger charge is 2.21. The van der Waals surface area contributed by atoms with Crippen LogP contribution in [0.3, 0.4) is 0 Å². The maximum atomic E-state index is 5.61. The number of rotatable bonds is 8. The average Bonchev–Trinajstić information content (AvgIpc) is 3.40. The number of para-hydroxylation sites is 2. The molecule has 68 heavy (non-hydrogen) atoms. The van der Waals surface area contributed by atoms with Crippen LogP contribution in [0.25, 0.3) is 122 Å². The minimum absolute atomic E-state index is 0.677. The van der Waals surface area contributed by atoms with Gasteiger partial charge in [0.15, 0.2) is 5.82 Å². The summed E-state index contributed by atoms with van der Waals surface area (Å²) in [6, 6.07) is 77.8. The van der Waals surface area contributed by atoms with Crippen molar-refractivity contribution in [2.45, 2.75) is 13.8 Å². The SMILES string of the molecule is Cc1cc(-c2cccc3cccnc23)ccc1-c1nc(-c2ccc(-c3cccc4cccnc34)cc2C)c2cc(-c3ccc(-c4ccccc4)cc3)cc(-c3ccc(-c4ccccc4)cc3)c2n1. The lowest BCUT2D eigenvalue weighted by atomic mass is 9.90. The van der Waals surface area contributed by atoms with Gasteiger partial charge in [-0.25, -0.2) is 9.97 Å². The van der Waals surface area contributed by atoms with E-state index in [1.807, 2.05) is 24.5 Å². The molecule has 0 amide bonds. The van der Waals surface area contributed by atoms with E-state index in [1.54, 1.807) is 0 Å². The summed E-state index contributed by atoms with van der Waals surface area (Å²) < 4.78 is 0. The quantitative estimate of drug-likeness (QED) is 0.153. The molecule has 0 fully saturated rings. The Balaban J connectivity index is 1.08. The molecule has 0 atom stereocenters. The molecule has 9 aromatic carbocycles. The van der Waals surface area contributed by atoms with E-state index in [9.17, 15) is 0 Å². The average molecular weight is 869 g/mol. The molecule has 320 valence electrons. The standard InChI is InChI=1S/C64H44N4/c1-41-37-51(56-21-9-17-49-19-11-35-65-60(49)56)31-33-54(41)62-59-40-53(47-25-23-45(24-26-47)43-13-5-3-6-14-43)39-58(48-29-27-46(28-30-48)44-15-7-4-8-16-44)63(59)68-64(67-62)55-34-32-52(38-42(55)2)57-22-10-18-50-20-12-36-66-61(50)57/h3-40H,1-2H3. The van der Waals surface area contributed by atoms with Crippen molar-refractivity contribution in [2.24, 2.45) is 0 Å². The zero-order valence-corrected chi connectivity index (χ0v) is 37.7. The first-order valence-electron chi connectivity index (χ1n) is 23.1. The Hall–Kier alpha value is -8.86. The van der Waals surface area contributed by atoms with Crippen LogP contribution in [-0.4, -0.2) is 19.9 Å². The lowest BCUT2D eigenvalue weighted by Crippen LogP contribution is -2.00. The van der Waals surface area contributed by atoms with Gasteiger partial charge in [-0.2, -0.15) is 0 Å². The molecule has 0 unspecified atom stereocenters. The second-order valence-electron chi connectivity index (χ2n) is 17.5. The number of aromatic nitrogens is 4. The van der Waals surface area contributed by atoms with Crippen LogP contribution in [0.4, 0.5) is 0 Å². The fraction of sp³-hybridized carbons (Fsp3) is 0.0312. The summed E-state index contributed by atoms with van der Waals surface area (Å²) in [6.45, 7) is 4.35. The van der Waals surface area contributed by atoms with Crippen LogP contribution in [0.5, 0.6) is 0 Å². The number of hydrogen-bond acceptors (Lipinski definition) is 4. The minimum Gasteiger partial charge on any atom is -0.256 e. The Kier molecular flexibility index (Phi) is 10.3. The Morgan fingerprint density at radius 3 is 1.26 bits per heavy atom. The van der Waals surface area contributed by atoms with Crippen molar-refractivity contribution >= 4 is 32.7 Å². The van der Waals surface area contributed by atoms with E-state index in [0.717, 1.165) is 111 Å². The summed E-state index contributed by atoms with van der Waals surface area (Å²) in [5.74, 6) is 0.677. The summed E-state index contributed by atoms with van der Waals surface area (Å²) in [5.41, 5.74) is 21.4. The van der Waals surface area contributed by atoms with Gasteiger partial charge < -0.3 is 0 Å². The molecular formula is C64H44N4. The lowest BCUT2D eigenvalue weighted by Gasteiger charge is -2.18. The zero-order valence-electron chi connectivity index (χ0n) is 37.7. The van der Waals surface area contributed by atoms with Crippen LogP contribution in [0.15, 0.2) is 231 Å². The summed E-state index contributed by atoms with van der Waals surface area (Å²) in [7, 11) is 0. The molecule has 0 radical (unpaired) electrons. The van der Waals surface area contributed by atoms with Crippen molar-refractivity contribution in [3.8, 4) is 89.4 Å². The first-order chi connectivity index (χ1) is 33.5. The molecule has 12 rings (SSSR count). The second-order valence-corrected chi connectivity index (χ2v) is 17.5. The van der Waals surface area contributed by atoms with E-state index >= 15 is 0 Å². The summed E-state index contributed by atoms with van der Waals surface area (Å²) >= 11 is 0. The molecule has 4 heteroatoms. The van der Waals surface area contributed by atoms with Gasteiger partial charge in [0, 0.05) is 56.4 Å². The largest absolute Gasteiger partial charge is 0.256 e. The van der Waals surface area contributed by atoms with Gasteiger partial charge >= 0.3 is 0 Å². The zero-order chi connectivity index (χ0) is 45.6. The van der Waals surface area contributed by atoms with Gasteiger partial charge in [0.1, 0.15) is 0 Å². The summed E-state index contributed by atoms with van der Waals surface area (Å²) in [6.07, 6.45) is 3.73. The molecule has 0 aliphatic rings. The molecule has 3 aromatic heterocycles. The van der Waals surface area contributed by atoms with Gasteiger partial charge in [-0.05, 0) is 99.3 Å². The van der Waals surface area contributed by atoms with E-state index in [2.05, 4.69) is 220 Å². The molecule has 0 spiro atoms. The van der Waals surface area contributed by atoms with Gasteiger partial charge in [-0.1, -0.05) is 194 Å². The Bertz CT molecular complexity index is 3830. The van der Waals surface area contributed by atoms with Crippen LogP contribution in [0.1, 0.15) is 11.1 Å². The van der Waals surface area contributed by atoms with Crippen molar-refractivity contribution in [1.29, 1.82) is 0 Å². The summed E-state index contributed by atoms with van der Waals surface area (Å²) in [4.78, 5) is 20.8. The number of fused-ring (bicyclic) bond motifs is 3. The maximum absolute atomic E-state index is 5.61. The first-order valence-corrected chi connectivity index (χ1v) is 23.1. The van der Waals surface area contributed by atoms with Crippen LogP contribution >= 0.6 is 0 Å². The Morgan fingerprint density at radius 1 is 0.279 bits per heavy atom. The number of pyridine rings is 2. The molecular weight excluding hydrogens is 825 g/mol. The molecule has 0 N–H and O–H groups in total. The van der Waals surface area contributed by atoms with Gasteiger partial charge in [0.2, 0.25) is 0 Å². The fourth-order valence-electron chi connectivity index (χ4n) is 9.76. The molecule has 0 saturated carbocycles. The molecule has 0 saturated heterocycles. The normalized spacial score (nSPS) is 11.4. The Morgan fingerprint density at radius 2 is 0.735 bits per heavy atom. The number of hydrogen-bond donors (Lipinski definition) is 0. The van der Waals surface area contributed by atoms with E-state index in [4.69, 9.17) is 19.9 Å². The smallest absolute Gasteiger partial charge is 0.160 e. The molecule has 12 aromatic rings. The first kappa shape index (κ1) is 40.6. The van der Waals surface area contributed by atoms with E-state index < -0.39 is 0 Å². The van der Waals surface area contributed by atoms with E-state index in [-0.39, 0.29) is 0 Å². The van der Waals surface area contributed by atoms with Gasteiger partial charge in [0.05, 0.1) is 22.2 Å². The molecule has 0 aliphatic heterocycles. The van der Waals surface area contributed by atoms with Crippen LogP contribution in [-0.2, 0) is 0 Å². The van der Waals surface area contributed by atoms with Crippen molar-refractivity contribution in [3.63, 3.8) is 0 Å². The monoisotopic (exact) mass is 868 g/mol. The van der Waals surface area contributed by atoms with Crippen molar-refractivity contribution in [3.05, 3.63) is 242 Å². The highest BCUT2D eigenvalue weighted by Crippen LogP contribution is 2.42. The second kappa shape index (κ2) is 17.2. The van der Waals surface area contributed by atoms with Crippen LogP contribution in [0, 0.1) is 13.8 Å². The number of nitrogens with zero attached hydrogens (tertiary/aromatic N) is 4. The third kappa shape index (κ3) is 7.48. The predicted molar refractivity (Wildman–Crippen MR) is 283 cm³/mol. The third-order valence-electron chi connectivity index (χ3n) is 13.3. The highest BCUT2D eigenvalue weighted by molar-refractivity contribution is 6.05. The minimum atomic E-state index is 0.677. The maximum Gasteiger partial charge on any atom is 0.160 e. The topological polar surface area (TPSA) is 51.6 Å². The molecule has 4 nitrogen and oxygen atoms in total. The molecule has 0 aliphatic carbocycles. The van der Waals surface area contributed by atoms with Gasteiger partial charge in [-0.15, -0.1) is 0 Å². The summed E-state index contributed by atoms with van der Waals surface area (Å²) in [5, 5.41) is 3.22.